The quantitative estimate of drug-likeness (QED) is 0.675. The lowest BCUT2D eigenvalue weighted by Crippen LogP contribution is -2.29. The van der Waals surface area contributed by atoms with Gasteiger partial charge in [-0.3, -0.25) is 0 Å². The zero-order valence-electron chi connectivity index (χ0n) is 8.09. The Morgan fingerprint density at radius 3 is 2.46 bits per heavy atom. The molecule has 1 aliphatic carbocycles. The highest BCUT2D eigenvalue weighted by atomic mass is 32.2. The van der Waals surface area contributed by atoms with Gasteiger partial charge in [-0.25, -0.2) is 0 Å². The van der Waals surface area contributed by atoms with Crippen LogP contribution < -0.4 is 0 Å². The van der Waals surface area contributed by atoms with Crippen LogP contribution in [-0.2, 0) is 0 Å². The molecule has 2 heteroatoms. The fourth-order valence-corrected chi connectivity index (χ4v) is 3.65. The number of nitrogens with zero attached hydrogens (tertiary/aromatic N) is 1. The summed E-state index contributed by atoms with van der Waals surface area (Å²) < 4.78 is 0. The summed E-state index contributed by atoms with van der Waals surface area (Å²) in [7, 11) is 0. The van der Waals surface area contributed by atoms with E-state index < -0.39 is 0 Å². The van der Waals surface area contributed by atoms with Crippen molar-refractivity contribution < 1.29 is 0 Å². The molecule has 72 valence electrons. The molecule has 2 rings (SSSR count). The fraction of sp³-hybridized carbons (Fsp3) is 0.909. The third-order valence-electron chi connectivity index (χ3n) is 3.59. The van der Waals surface area contributed by atoms with Gasteiger partial charge < -0.3 is 0 Å². The van der Waals surface area contributed by atoms with Crippen LogP contribution in [0.15, 0.2) is 0 Å². The molecule has 0 bridgehead atoms. The van der Waals surface area contributed by atoms with Crippen molar-refractivity contribution in [1.82, 2.24) is 0 Å². The second-order valence-electron chi connectivity index (χ2n) is 4.51. The molecule has 2 aliphatic rings. The van der Waals surface area contributed by atoms with Crippen LogP contribution in [0.5, 0.6) is 0 Å². The van der Waals surface area contributed by atoms with Gasteiger partial charge in [-0.15, -0.1) is 0 Å². The largest absolute Gasteiger partial charge is 0.198 e. The second-order valence-corrected chi connectivity index (χ2v) is 5.73. The van der Waals surface area contributed by atoms with Crippen molar-refractivity contribution in [3.63, 3.8) is 0 Å². The molecule has 1 saturated heterocycles. The Kier molecular flexibility index (Phi) is 2.83. The van der Waals surface area contributed by atoms with Crippen LogP contribution in [0.3, 0.4) is 0 Å². The van der Waals surface area contributed by atoms with E-state index in [4.69, 9.17) is 0 Å². The Morgan fingerprint density at radius 2 is 2.00 bits per heavy atom. The van der Waals surface area contributed by atoms with Crippen molar-refractivity contribution in [2.75, 3.05) is 11.5 Å². The van der Waals surface area contributed by atoms with Crippen molar-refractivity contribution in [3.05, 3.63) is 0 Å². The van der Waals surface area contributed by atoms with Gasteiger partial charge in [0.25, 0.3) is 0 Å². The summed E-state index contributed by atoms with van der Waals surface area (Å²) in [5.74, 6) is 3.31. The molecule has 1 nitrogen and oxygen atoms in total. The van der Waals surface area contributed by atoms with Crippen LogP contribution in [0.4, 0.5) is 0 Å². The van der Waals surface area contributed by atoms with Crippen LogP contribution in [0.25, 0.3) is 0 Å². The van der Waals surface area contributed by atoms with Gasteiger partial charge in [0.1, 0.15) is 0 Å². The van der Waals surface area contributed by atoms with Crippen LogP contribution in [0.1, 0.15) is 38.5 Å². The number of hydrogen-bond donors (Lipinski definition) is 0. The molecular formula is C11H17NS. The van der Waals surface area contributed by atoms with E-state index >= 15 is 0 Å². The van der Waals surface area contributed by atoms with Crippen LogP contribution >= 0.6 is 11.8 Å². The molecule has 0 spiro atoms. The highest BCUT2D eigenvalue weighted by Gasteiger charge is 2.36. The van der Waals surface area contributed by atoms with Gasteiger partial charge in [0.2, 0.25) is 0 Å². The van der Waals surface area contributed by atoms with E-state index in [0.717, 1.165) is 18.8 Å². The summed E-state index contributed by atoms with van der Waals surface area (Å²) in [6.07, 6.45) is 7.66. The van der Waals surface area contributed by atoms with Gasteiger partial charge in [0, 0.05) is 0 Å². The molecule has 0 N–H and O–H groups in total. The number of thioether (sulfide) groups is 1. The Bertz CT molecular complexity index is 209. The Hall–Kier alpha value is -0.160. The SMILES string of the molecule is N#CC1(CC2CCC2)CCSCC1. The lowest BCUT2D eigenvalue weighted by atomic mass is 9.70. The Balaban J connectivity index is 1.93. The zero-order valence-corrected chi connectivity index (χ0v) is 8.91. The summed E-state index contributed by atoms with van der Waals surface area (Å²) in [5, 5.41) is 9.25. The first kappa shape index (κ1) is 9.40. The van der Waals surface area contributed by atoms with Gasteiger partial charge in [0.05, 0.1) is 11.5 Å². The normalized spacial score (nSPS) is 27.6. The summed E-state index contributed by atoms with van der Waals surface area (Å²) in [5.41, 5.74) is 0.0797. The van der Waals surface area contributed by atoms with Gasteiger partial charge in [0.15, 0.2) is 0 Å². The zero-order chi connectivity index (χ0) is 9.15. The molecule has 0 amide bonds. The molecule has 0 atom stereocenters. The topological polar surface area (TPSA) is 23.8 Å². The van der Waals surface area contributed by atoms with Gasteiger partial charge in [-0.2, -0.15) is 17.0 Å². The van der Waals surface area contributed by atoms with E-state index in [0.29, 0.717) is 0 Å². The maximum absolute atomic E-state index is 9.25. The van der Waals surface area contributed by atoms with Gasteiger partial charge in [-0.05, 0) is 36.7 Å². The molecular weight excluding hydrogens is 178 g/mol. The highest BCUT2D eigenvalue weighted by molar-refractivity contribution is 7.99. The summed E-state index contributed by atoms with van der Waals surface area (Å²) in [4.78, 5) is 0. The monoisotopic (exact) mass is 195 g/mol. The maximum atomic E-state index is 9.25. The third-order valence-corrected chi connectivity index (χ3v) is 4.58. The molecule has 1 saturated carbocycles. The van der Waals surface area contributed by atoms with E-state index in [9.17, 15) is 5.26 Å². The highest BCUT2D eigenvalue weighted by Crippen LogP contribution is 2.44. The van der Waals surface area contributed by atoms with Crippen molar-refractivity contribution in [3.8, 4) is 6.07 Å². The predicted molar refractivity (Wildman–Crippen MR) is 56.6 cm³/mol. The lowest BCUT2D eigenvalue weighted by Gasteiger charge is -2.37. The molecule has 13 heavy (non-hydrogen) atoms. The maximum Gasteiger partial charge on any atom is 0.0690 e. The summed E-state index contributed by atoms with van der Waals surface area (Å²) >= 11 is 2.01. The third kappa shape index (κ3) is 2.02. The minimum atomic E-state index is 0.0797. The van der Waals surface area contributed by atoms with Crippen molar-refractivity contribution in [2.45, 2.75) is 38.5 Å². The van der Waals surface area contributed by atoms with Crippen molar-refractivity contribution >= 4 is 11.8 Å². The summed E-state index contributed by atoms with van der Waals surface area (Å²) in [6.45, 7) is 0. The standard InChI is InChI=1S/C11H17NS/c12-9-11(4-6-13-7-5-11)8-10-2-1-3-10/h10H,1-8H2. The second kappa shape index (κ2) is 3.92. The minimum absolute atomic E-state index is 0.0797. The molecule has 2 fully saturated rings. The molecule has 1 aliphatic heterocycles. The fourth-order valence-electron chi connectivity index (χ4n) is 2.37. The Labute approximate surface area is 84.9 Å². The molecule has 0 unspecified atom stereocenters. The van der Waals surface area contributed by atoms with Crippen LogP contribution in [-0.4, -0.2) is 11.5 Å². The molecule has 1 heterocycles. The van der Waals surface area contributed by atoms with Crippen molar-refractivity contribution in [2.24, 2.45) is 11.3 Å². The van der Waals surface area contributed by atoms with E-state index in [1.165, 1.54) is 37.2 Å². The van der Waals surface area contributed by atoms with E-state index in [1.807, 2.05) is 11.8 Å². The van der Waals surface area contributed by atoms with Gasteiger partial charge in [-0.1, -0.05) is 19.3 Å². The predicted octanol–water partition coefficient (Wildman–Crippen LogP) is 3.21. The average Bonchev–Trinajstić information content (AvgIpc) is 2.13. The number of nitriles is 1. The minimum Gasteiger partial charge on any atom is -0.198 e. The average molecular weight is 195 g/mol. The first-order chi connectivity index (χ1) is 6.35. The molecule has 0 radical (unpaired) electrons. The number of hydrogen-bond acceptors (Lipinski definition) is 2. The van der Waals surface area contributed by atoms with Crippen LogP contribution in [0, 0.1) is 22.7 Å². The van der Waals surface area contributed by atoms with Crippen LogP contribution in [0.2, 0.25) is 0 Å². The molecule has 0 aromatic carbocycles. The molecule has 0 aromatic heterocycles. The first-order valence-corrected chi connectivity index (χ1v) is 6.49. The van der Waals surface area contributed by atoms with Gasteiger partial charge >= 0.3 is 0 Å². The van der Waals surface area contributed by atoms with E-state index in [2.05, 4.69) is 6.07 Å². The van der Waals surface area contributed by atoms with E-state index in [-0.39, 0.29) is 5.41 Å². The first-order valence-electron chi connectivity index (χ1n) is 5.34. The molecule has 0 aromatic rings. The number of rotatable bonds is 2. The lowest BCUT2D eigenvalue weighted by molar-refractivity contribution is 0.196. The smallest absolute Gasteiger partial charge is 0.0690 e. The van der Waals surface area contributed by atoms with E-state index in [1.54, 1.807) is 0 Å². The Morgan fingerprint density at radius 1 is 1.31 bits per heavy atom. The summed E-state index contributed by atoms with van der Waals surface area (Å²) in [6, 6.07) is 2.60. The van der Waals surface area contributed by atoms with Crippen molar-refractivity contribution in [1.29, 1.82) is 5.26 Å².